The van der Waals surface area contributed by atoms with Crippen LogP contribution in [0.4, 0.5) is 11.6 Å². The first kappa shape index (κ1) is 16.9. The molecule has 4 aromatic rings. The molecule has 0 bridgehead atoms. The van der Waals surface area contributed by atoms with Crippen molar-refractivity contribution in [3.63, 3.8) is 0 Å². The van der Waals surface area contributed by atoms with Crippen LogP contribution >= 0.6 is 0 Å². The Bertz CT molecular complexity index is 1070. The summed E-state index contributed by atoms with van der Waals surface area (Å²) in [6.45, 7) is 4.24. The minimum Gasteiger partial charge on any atom is -0.481 e. The minimum absolute atomic E-state index is 0.318. The molecule has 0 aliphatic heterocycles. The Kier molecular flexibility index (Phi) is 4.37. The normalized spacial score (nSPS) is 11.1. The topological polar surface area (TPSA) is 90.6 Å². The predicted octanol–water partition coefficient (Wildman–Crippen LogP) is 3.62. The van der Waals surface area contributed by atoms with Crippen molar-refractivity contribution in [3.8, 4) is 17.3 Å². The zero-order valence-electron chi connectivity index (χ0n) is 15.3. The molecule has 0 atom stereocenters. The first-order valence-electron chi connectivity index (χ1n) is 8.57. The van der Waals surface area contributed by atoms with Crippen LogP contribution in [0.15, 0.2) is 49.2 Å². The van der Waals surface area contributed by atoms with Gasteiger partial charge in [-0.2, -0.15) is 0 Å². The first-order valence-corrected chi connectivity index (χ1v) is 8.57. The summed E-state index contributed by atoms with van der Waals surface area (Å²) < 4.78 is 7.19. The van der Waals surface area contributed by atoms with Gasteiger partial charge in [-0.15, -0.1) is 0 Å². The van der Waals surface area contributed by atoms with Gasteiger partial charge in [0.25, 0.3) is 0 Å². The van der Waals surface area contributed by atoms with E-state index < -0.39 is 0 Å². The van der Waals surface area contributed by atoms with Crippen molar-refractivity contribution in [3.05, 3.63) is 49.2 Å². The summed E-state index contributed by atoms with van der Waals surface area (Å²) in [6.07, 6.45) is 6.97. The van der Waals surface area contributed by atoms with Gasteiger partial charge < -0.3 is 14.6 Å². The molecule has 1 N–H and O–H groups in total. The third kappa shape index (κ3) is 3.41. The molecule has 0 unspecified atom stereocenters. The highest BCUT2D eigenvalue weighted by atomic mass is 16.5. The third-order valence-electron chi connectivity index (χ3n) is 4.13. The number of nitrogens with zero attached hydrogens (tertiary/aromatic N) is 6. The Morgan fingerprint density at radius 1 is 1.00 bits per heavy atom. The molecule has 0 saturated carbocycles. The van der Waals surface area contributed by atoms with E-state index in [0.29, 0.717) is 29.4 Å². The fourth-order valence-electron chi connectivity index (χ4n) is 2.74. The average molecular weight is 361 g/mol. The van der Waals surface area contributed by atoms with E-state index in [1.807, 2.05) is 18.5 Å². The summed E-state index contributed by atoms with van der Waals surface area (Å²) in [5, 5.41) is 3.24. The molecule has 4 rings (SSSR count). The molecule has 136 valence electrons. The number of hydrogen-bond donors (Lipinski definition) is 1. The molecule has 0 saturated heterocycles. The highest BCUT2D eigenvalue weighted by Gasteiger charge is 2.09. The number of methoxy groups -OCH3 is 1. The quantitative estimate of drug-likeness (QED) is 0.580. The molecule has 8 heteroatoms. The number of aromatic nitrogens is 6. The van der Waals surface area contributed by atoms with Crippen LogP contribution in [0.3, 0.4) is 0 Å². The van der Waals surface area contributed by atoms with E-state index in [2.05, 4.69) is 48.7 Å². The van der Waals surface area contributed by atoms with Crippen LogP contribution < -0.4 is 10.1 Å². The van der Waals surface area contributed by atoms with Crippen LogP contribution in [0.2, 0.25) is 0 Å². The molecule has 0 aliphatic rings. The Hall–Kier alpha value is -3.55. The van der Waals surface area contributed by atoms with E-state index in [1.165, 1.54) is 0 Å². The number of fused-ring (bicyclic) bond motifs is 1. The Labute approximate surface area is 156 Å². The lowest BCUT2D eigenvalue weighted by Gasteiger charge is -2.10. The van der Waals surface area contributed by atoms with E-state index in [-0.39, 0.29) is 0 Å². The zero-order valence-corrected chi connectivity index (χ0v) is 15.3. The highest BCUT2D eigenvalue weighted by molar-refractivity contribution is 5.78. The minimum atomic E-state index is 0.318. The number of hydrogen-bond acceptors (Lipinski definition) is 7. The van der Waals surface area contributed by atoms with Crippen LogP contribution in [0.25, 0.3) is 22.4 Å². The Morgan fingerprint density at radius 2 is 1.89 bits per heavy atom. The molecule has 4 aromatic heterocycles. The molecule has 0 spiro atoms. The van der Waals surface area contributed by atoms with Crippen LogP contribution in [-0.4, -0.2) is 36.6 Å². The number of imidazole rings is 1. The second-order valence-electron chi connectivity index (χ2n) is 6.28. The van der Waals surface area contributed by atoms with Crippen molar-refractivity contribution < 1.29 is 4.74 Å². The summed E-state index contributed by atoms with van der Waals surface area (Å²) >= 11 is 0. The largest absolute Gasteiger partial charge is 0.481 e. The SMILES string of the molecule is COc1ccc(-c2nccc(Nc3cc4c(cn3)ncn4C(C)C)n2)cn1. The standard InChI is InChI=1S/C19H19N7O/c1-12(2)26-11-23-14-10-21-17(8-15(14)26)24-16-6-7-20-19(25-16)13-4-5-18(27-3)22-9-13/h4-12H,1-3H3,(H,20,21,24,25). The molecule has 0 aliphatic carbocycles. The van der Waals surface area contributed by atoms with Gasteiger partial charge in [0.15, 0.2) is 5.82 Å². The first-order chi connectivity index (χ1) is 13.1. The maximum absolute atomic E-state index is 5.08. The van der Waals surface area contributed by atoms with E-state index in [4.69, 9.17) is 4.74 Å². The van der Waals surface area contributed by atoms with Gasteiger partial charge in [0.05, 0.1) is 25.2 Å². The van der Waals surface area contributed by atoms with Crippen molar-refractivity contribution >= 4 is 22.7 Å². The monoisotopic (exact) mass is 361 g/mol. The molecule has 0 radical (unpaired) electrons. The van der Waals surface area contributed by atoms with Gasteiger partial charge in [-0.05, 0) is 26.0 Å². The van der Waals surface area contributed by atoms with Crippen molar-refractivity contribution in [2.75, 3.05) is 12.4 Å². The van der Waals surface area contributed by atoms with E-state index in [0.717, 1.165) is 16.6 Å². The number of rotatable bonds is 5. The lowest BCUT2D eigenvalue weighted by molar-refractivity contribution is 0.398. The molecule has 8 nitrogen and oxygen atoms in total. The van der Waals surface area contributed by atoms with E-state index >= 15 is 0 Å². The fourth-order valence-corrected chi connectivity index (χ4v) is 2.74. The van der Waals surface area contributed by atoms with E-state index in [9.17, 15) is 0 Å². The van der Waals surface area contributed by atoms with Crippen molar-refractivity contribution in [1.29, 1.82) is 0 Å². The molecular formula is C19H19N7O. The third-order valence-corrected chi connectivity index (χ3v) is 4.13. The second-order valence-corrected chi connectivity index (χ2v) is 6.28. The lowest BCUT2D eigenvalue weighted by atomic mass is 10.2. The number of nitrogens with one attached hydrogen (secondary N) is 1. The summed E-state index contributed by atoms with van der Waals surface area (Å²) in [6, 6.07) is 7.74. The summed E-state index contributed by atoms with van der Waals surface area (Å²) in [5.41, 5.74) is 2.69. The molecular weight excluding hydrogens is 342 g/mol. The Balaban J connectivity index is 1.62. The summed E-state index contributed by atoms with van der Waals surface area (Å²) in [7, 11) is 1.58. The number of pyridine rings is 2. The van der Waals surface area contributed by atoms with Gasteiger partial charge in [0, 0.05) is 36.1 Å². The van der Waals surface area contributed by atoms with Gasteiger partial charge in [-0.25, -0.2) is 24.9 Å². The number of ether oxygens (including phenoxy) is 1. The molecule has 0 amide bonds. The van der Waals surface area contributed by atoms with Gasteiger partial charge in [-0.3, -0.25) is 0 Å². The van der Waals surface area contributed by atoms with Crippen molar-refractivity contribution in [2.45, 2.75) is 19.9 Å². The Morgan fingerprint density at radius 3 is 2.63 bits per heavy atom. The van der Waals surface area contributed by atoms with Crippen molar-refractivity contribution in [1.82, 2.24) is 29.5 Å². The maximum Gasteiger partial charge on any atom is 0.212 e. The van der Waals surface area contributed by atoms with Crippen LogP contribution in [0.5, 0.6) is 5.88 Å². The zero-order chi connectivity index (χ0) is 18.8. The predicted molar refractivity (Wildman–Crippen MR) is 103 cm³/mol. The second kappa shape index (κ2) is 6.99. The smallest absolute Gasteiger partial charge is 0.212 e. The average Bonchev–Trinajstić information content (AvgIpc) is 3.12. The van der Waals surface area contributed by atoms with Crippen LogP contribution in [-0.2, 0) is 0 Å². The molecule has 27 heavy (non-hydrogen) atoms. The van der Waals surface area contributed by atoms with Crippen molar-refractivity contribution in [2.24, 2.45) is 0 Å². The lowest BCUT2D eigenvalue weighted by Crippen LogP contribution is -2.01. The maximum atomic E-state index is 5.08. The molecule has 0 aromatic carbocycles. The van der Waals surface area contributed by atoms with Gasteiger partial charge in [-0.1, -0.05) is 0 Å². The van der Waals surface area contributed by atoms with Gasteiger partial charge in [0.2, 0.25) is 5.88 Å². The molecule has 4 heterocycles. The number of anilines is 2. The highest BCUT2D eigenvalue weighted by Crippen LogP contribution is 2.22. The van der Waals surface area contributed by atoms with E-state index in [1.54, 1.807) is 37.8 Å². The summed E-state index contributed by atoms with van der Waals surface area (Å²) in [4.78, 5) is 21.9. The van der Waals surface area contributed by atoms with Gasteiger partial charge >= 0.3 is 0 Å². The summed E-state index contributed by atoms with van der Waals surface area (Å²) in [5.74, 6) is 2.47. The van der Waals surface area contributed by atoms with Crippen LogP contribution in [0.1, 0.15) is 19.9 Å². The fraction of sp³-hybridized carbons (Fsp3) is 0.211. The molecule has 0 fully saturated rings. The van der Waals surface area contributed by atoms with Gasteiger partial charge in [0.1, 0.15) is 17.2 Å². The van der Waals surface area contributed by atoms with Crippen LogP contribution in [0, 0.1) is 0 Å².